The number of fused-ring (bicyclic) bond motifs is 9. The normalized spacial score (nSPS) is 11.6. The molecule has 11 rings (SSSR count). The molecule has 0 spiro atoms. The predicted octanol–water partition coefficient (Wildman–Crippen LogP) is 13.1. The Kier molecular flexibility index (Phi) is 6.61. The lowest BCUT2D eigenvalue weighted by Gasteiger charge is -2.16. The smallest absolute Gasteiger partial charge is 0.189 e. The van der Waals surface area contributed by atoms with Crippen molar-refractivity contribution in [2.45, 2.75) is 0 Å². The molecule has 3 aromatic heterocycles. The summed E-state index contributed by atoms with van der Waals surface area (Å²) in [5, 5.41) is 16.9. The maximum absolute atomic E-state index is 10.1. The van der Waals surface area contributed by atoms with Gasteiger partial charge in [0.05, 0.1) is 57.0 Å². The van der Waals surface area contributed by atoms with Crippen LogP contribution in [0.15, 0.2) is 176 Å². The van der Waals surface area contributed by atoms with Gasteiger partial charge in [-0.25, -0.2) is 4.85 Å². The summed E-state index contributed by atoms with van der Waals surface area (Å²) in [5.41, 5.74) is 12.9. The van der Waals surface area contributed by atoms with Gasteiger partial charge in [0.15, 0.2) is 5.69 Å². The molecule has 0 bridgehead atoms. The summed E-state index contributed by atoms with van der Waals surface area (Å²) in [7, 11) is 0. The molecule has 0 radical (unpaired) electrons. The van der Waals surface area contributed by atoms with Gasteiger partial charge in [0, 0.05) is 49.3 Å². The quantitative estimate of drug-likeness (QED) is 0.169. The third-order valence-electron chi connectivity index (χ3n) is 11.1. The van der Waals surface area contributed by atoms with E-state index in [0.29, 0.717) is 11.3 Å². The van der Waals surface area contributed by atoms with Crippen LogP contribution in [0.2, 0.25) is 0 Å². The van der Waals surface area contributed by atoms with Crippen LogP contribution in [-0.2, 0) is 0 Å². The monoisotopic (exact) mass is 699 g/mol. The molecule has 0 atom stereocenters. The van der Waals surface area contributed by atoms with E-state index in [-0.39, 0.29) is 0 Å². The Hall–Kier alpha value is -7.86. The summed E-state index contributed by atoms with van der Waals surface area (Å²) < 4.78 is 6.98. The average molecular weight is 700 g/mol. The second kappa shape index (κ2) is 11.8. The lowest BCUT2D eigenvalue weighted by molar-refractivity contribution is 1.17. The molecule has 0 N–H and O–H groups in total. The number of hydrogen-bond acceptors (Lipinski definition) is 1. The first kappa shape index (κ1) is 30.7. The zero-order valence-electron chi connectivity index (χ0n) is 29.5. The molecule has 0 aliphatic rings. The van der Waals surface area contributed by atoms with Crippen LogP contribution in [0.25, 0.3) is 98.5 Å². The molecule has 0 fully saturated rings. The number of aromatic nitrogens is 3. The van der Waals surface area contributed by atoms with E-state index in [0.717, 1.165) is 61.0 Å². The maximum atomic E-state index is 10.1. The molecule has 8 aromatic carbocycles. The zero-order chi connectivity index (χ0) is 36.6. The van der Waals surface area contributed by atoms with Gasteiger partial charge in [0.2, 0.25) is 0 Å². The van der Waals surface area contributed by atoms with E-state index < -0.39 is 0 Å². The molecule has 5 nitrogen and oxygen atoms in total. The van der Waals surface area contributed by atoms with Crippen molar-refractivity contribution in [1.82, 2.24) is 13.7 Å². The van der Waals surface area contributed by atoms with Crippen molar-refractivity contribution in [1.29, 1.82) is 5.26 Å². The Morgan fingerprint density at radius 3 is 1.58 bits per heavy atom. The molecule has 11 aromatic rings. The highest BCUT2D eigenvalue weighted by molar-refractivity contribution is 6.17. The molecule has 0 aliphatic carbocycles. The van der Waals surface area contributed by atoms with Crippen LogP contribution in [0.5, 0.6) is 0 Å². The Morgan fingerprint density at radius 2 is 0.945 bits per heavy atom. The van der Waals surface area contributed by atoms with Crippen molar-refractivity contribution in [3.8, 4) is 34.3 Å². The standard InChI is InChI=1S/C50H29N5/c1-52-34-26-29-36(48(30-34)55-44-20-9-4-15-39(44)49-33(31-51)12-10-21-45(49)55)32-24-27-35(28-25-32)53-43-19-8-5-16-40(43)50-46(53)22-11-23-47(50)54-41-17-6-2-13-37(41)38-14-3-7-18-42(38)54/h2-30H. The second-order valence-corrected chi connectivity index (χ2v) is 13.9. The highest BCUT2D eigenvalue weighted by atomic mass is 15.0. The van der Waals surface area contributed by atoms with Gasteiger partial charge in [-0.2, -0.15) is 5.26 Å². The van der Waals surface area contributed by atoms with E-state index in [1.807, 2.05) is 42.5 Å². The van der Waals surface area contributed by atoms with Crippen LogP contribution in [0.3, 0.4) is 0 Å². The number of para-hydroxylation sites is 4. The molecule has 55 heavy (non-hydrogen) atoms. The van der Waals surface area contributed by atoms with Gasteiger partial charge in [-0.1, -0.05) is 109 Å². The number of nitrogens with zero attached hydrogens (tertiary/aromatic N) is 5. The molecule has 0 unspecified atom stereocenters. The summed E-state index contributed by atoms with van der Waals surface area (Å²) in [6, 6.07) is 63.7. The third-order valence-corrected chi connectivity index (χ3v) is 11.1. The van der Waals surface area contributed by atoms with Gasteiger partial charge in [0.1, 0.15) is 0 Å². The minimum absolute atomic E-state index is 0.557. The predicted molar refractivity (Wildman–Crippen MR) is 226 cm³/mol. The van der Waals surface area contributed by atoms with Gasteiger partial charge in [-0.3, -0.25) is 0 Å². The van der Waals surface area contributed by atoms with Gasteiger partial charge >= 0.3 is 0 Å². The van der Waals surface area contributed by atoms with E-state index in [4.69, 9.17) is 6.57 Å². The molecular weight excluding hydrogens is 671 g/mol. The Bertz CT molecular complexity index is 3400. The first-order chi connectivity index (χ1) is 27.2. The van der Waals surface area contributed by atoms with Crippen molar-refractivity contribution in [3.05, 3.63) is 193 Å². The molecular formula is C50H29N5. The van der Waals surface area contributed by atoms with Crippen molar-refractivity contribution in [2.75, 3.05) is 0 Å². The summed E-state index contributed by atoms with van der Waals surface area (Å²) in [6.45, 7) is 7.88. The number of rotatable bonds is 4. The van der Waals surface area contributed by atoms with E-state index in [1.54, 1.807) is 0 Å². The number of hydrogen-bond donors (Lipinski definition) is 0. The fraction of sp³-hybridized carbons (Fsp3) is 0. The summed E-state index contributed by atoms with van der Waals surface area (Å²) >= 11 is 0. The minimum atomic E-state index is 0.557. The highest BCUT2D eigenvalue weighted by Gasteiger charge is 2.21. The minimum Gasteiger partial charge on any atom is -0.310 e. The molecule has 254 valence electrons. The Balaban J connectivity index is 1.12. The first-order valence-electron chi connectivity index (χ1n) is 18.3. The van der Waals surface area contributed by atoms with Crippen LogP contribution < -0.4 is 0 Å². The molecule has 5 heteroatoms. The van der Waals surface area contributed by atoms with E-state index in [2.05, 4.69) is 158 Å². The average Bonchev–Trinajstić information content (AvgIpc) is 3.89. The zero-order valence-corrected chi connectivity index (χ0v) is 29.5. The maximum Gasteiger partial charge on any atom is 0.189 e. The third kappa shape index (κ3) is 4.39. The van der Waals surface area contributed by atoms with Gasteiger partial charge in [-0.15, -0.1) is 0 Å². The summed E-state index contributed by atoms with van der Waals surface area (Å²) in [5.74, 6) is 0. The van der Waals surface area contributed by atoms with E-state index in [1.165, 1.54) is 32.6 Å². The lowest BCUT2D eigenvalue weighted by atomic mass is 10.0. The molecule has 3 heterocycles. The van der Waals surface area contributed by atoms with Gasteiger partial charge < -0.3 is 13.7 Å². The van der Waals surface area contributed by atoms with Crippen molar-refractivity contribution >= 4 is 71.1 Å². The SMILES string of the molecule is [C-]#[N+]c1ccc(-c2ccc(-n3c4ccccc4c4c(-n5c6ccccc6c6ccccc65)cccc43)cc2)c(-n2c3ccccc3c3c(C#N)cccc32)c1. The summed E-state index contributed by atoms with van der Waals surface area (Å²) in [4.78, 5) is 3.81. The fourth-order valence-electron chi connectivity index (χ4n) is 8.83. The Labute approximate surface area is 316 Å². The molecule has 0 saturated carbocycles. The number of nitriles is 1. The number of benzene rings is 8. The molecule has 0 amide bonds. The summed E-state index contributed by atoms with van der Waals surface area (Å²) in [6.07, 6.45) is 0. The van der Waals surface area contributed by atoms with Crippen molar-refractivity contribution in [2.24, 2.45) is 0 Å². The van der Waals surface area contributed by atoms with Crippen LogP contribution in [0.4, 0.5) is 5.69 Å². The fourth-order valence-corrected chi connectivity index (χ4v) is 8.83. The van der Waals surface area contributed by atoms with Crippen LogP contribution >= 0.6 is 0 Å². The first-order valence-corrected chi connectivity index (χ1v) is 18.3. The van der Waals surface area contributed by atoms with Crippen LogP contribution in [0, 0.1) is 17.9 Å². The van der Waals surface area contributed by atoms with Crippen LogP contribution in [0.1, 0.15) is 5.56 Å². The van der Waals surface area contributed by atoms with E-state index >= 15 is 0 Å². The van der Waals surface area contributed by atoms with Crippen molar-refractivity contribution < 1.29 is 0 Å². The van der Waals surface area contributed by atoms with Crippen molar-refractivity contribution in [3.63, 3.8) is 0 Å². The Morgan fingerprint density at radius 1 is 0.436 bits per heavy atom. The van der Waals surface area contributed by atoms with Crippen LogP contribution in [-0.4, -0.2) is 13.7 Å². The topological polar surface area (TPSA) is 42.9 Å². The highest BCUT2D eigenvalue weighted by Crippen LogP contribution is 2.42. The van der Waals surface area contributed by atoms with Gasteiger partial charge in [-0.05, 0) is 72.3 Å². The largest absolute Gasteiger partial charge is 0.310 e. The second-order valence-electron chi connectivity index (χ2n) is 13.9. The lowest BCUT2D eigenvalue weighted by Crippen LogP contribution is -1.98. The molecule has 0 aliphatic heterocycles. The van der Waals surface area contributed by atoms with E-state index in [9.17, 15) is 5.26 Å². The molecule has 0 saturated heterocycles. The van der Waals surface area contributed by atoms with Gasteiger partial charge in [0.25, 0.3) is 0 Å².